The molecule has 2 aromatic rings. The monoisotopic (exact) mass is 330 g/mol. The van der Waals surface area contributed by atoms with Gasteiger partial charge in [-0.15, -0.1) is 0 Å². The average molecular weight is 330 g/mol. The molecule has 0 fully saturated rings. The fourth-order valence-electron chi connectivity index (χ4n) is 2.43. The van der Waals surface area contributed by atoms with Crippen molar-refractivity contribution in [2.75, 3.05) is 18.2 Å². The van der Waals surface area contributed by atoms with E-state index in [1.54, 1.807) is 6.07 Å². The van der Waals surface area contributed by atoms with Gasteiger partial charge in [0.2, 0.25) is 0 Å². The lowest BCUT2D eigenvalue weighted by Gasteiger charge is -2.24. The number of carbonyl (C=O) groups excluding carboxylic acids is 1. The van der Waals surface area contributed by atoms with Crippen molar-refractivity contribution in [2.24, 2.45) is 0 Å². The summed E-state index contributed by atoms with van der Waals surface area (Å²) in [5.41, 5.74) is 9.40. The van der Waals surface area contributed by atoms with Crippen molar-refractivity contribution in [3.8, 4) is 0 Å². The Kier molecular flexibility index (Phi) is 5.93. The molecule has 0 aliphatic carbocycles. The van der Waals surface area contributed by atoms with Gasteiger partial charge in [-0.2, -0.15) is 12.6 Å². The number of rotatable bonds is 6. The first-order valence-electron chi connectivity index (χ1n) is 7.43. The maximum Gasteiger partial charge on any atom is 0.329 e. The number of carbonyl (C=O) groups is 1. The minimum absolute atomic E-state index is 0.221. The molecule has 0 aromatic heterocycles. The van der Waals surface area contributed by atoms with E-state index in [4.69, 9.17) is 10.5 Å². The highest BCUT2D eigenvalue weighted by Gasteiger charge is 2.27. The van der Waals surface area contributed by atoms with Crippen molar-refractivity contribution in [3.63, 3.8) is 0 Å². The first-order valence-corrected chi connectivity index (χ1v) is 7.95. The Bertz CT molecular complexity index is 661. The van der Waals surface area contributed by atoms with Gasteiger partial charge in [-0.05, 0) is 42.7 Å². The second-order valence-corrected chi connectivity index (χ2v) is 6.14. The van der Waals surface area contributed by atoms with Gasteiger partial charge in [0.05, 0.1) is 7.11 Å². The lowest BCUT2D eigenvalue weighted by atomic mass is 10.0. The number of nitrogens with one attached hydrogen (secondary N) is 1. The predicted molar refractivity (Wildman–Crippen MR) is 97.9 cm³/mol. The van der Waals surface area contributed by atoms with Gasteiger partial charge in [0.15, 0.2) is 0 Å². The Morgan fingerprint density at radius 1 is 1.26 bits per heavy atom. The molecule has 0 heterocycles. The first-order chi connectivity index (χ1) is 11.0. The van der Waals surface area contributed by atoms with Gasteiger partial charge in [-0.3, -0.25) is 0 Å². The smallest absolute Gasteiger partial charge is 0.329 e. The molecule has 122 valence electrons. The van der Waals surface area contributed by atoms with E-state index in [0.29, 0.717) is 12.1 Å². The van der Waals surface area contributed by atoms with E-state index in [-0.39, 0.29) is 11.2 Å². The zero-order valence-corrected chi connectivity index (χ0v) is 14.2. The molecule has 3 N–H and O–H groups in total. The van der Waals surface area contributed by atoms with Gasteiger partial charge >= 0.3 is 5.97 Å². The number of benzene rings is 2. The number of esters is 1. The zero-order valence-electron chi connectivity index (χ0n) is 13.3. The van der Waals surface area contributed by atoms with Crippen LogP contribution in [0.5, 0.6) is 0 Å². The largest absolute Gasteiger partial charge is 0.467 e. The summed E-state index contributed by atoms with van der Waals surface area (Å²) in [5, 5.41) is 3.02. The van der Waals surface area contributed by atoms with E-state index in [2.05, 4.69) is 17.9 Å². The maximum atomic E-state index is 12.2. The fraction of sp³-hybridized carbons (Fsp3) is 0.278. The van der Waals surface area contributed by atoms with Crippen molar-refractivity contribution < 1.29 is 9.53 Å². The SMILES string of the molecule is COC(=O)C(Nc1ccc(N)cc1C)C(S)Cc1ccccc1. The standard InChI is InChI=1S/C18H22N2O2S/c1-12-10-14(19)8-9-15(12)20-17(18(21)22-2)16(23)11-13-6-4-3-5-7-13/h3-10,16-17,20,23H,11,19H2,1-2H3. The summed E-state index contributed by atoms with van der Waals surface area (Å²) < 4.78 is 4.93. The van der Waals surface area contributed by atoms with Crippen molar-refractivity contribution in [2.45, 2.75) is 24.6 Å². The van der Waals surface area contributed by atoms with Crippen LogP contribution in [-0.2, 0) is 16.0 Å². The van der Waals surface area contributed by atoms with Gasteiger partial charge in [0.25, 0.3) is 0 Å². The normalized spacial score (nSPS) is 13.2. The molecular weight excluding hydrogens is 308 g/mol. The summed E-state index contributed by atoms with van der Waals surface area (Å²) in [7, 11) is 1.38. The number of nitrogen functional groups attached to an aromatic ring is 1. The third-order valence-corrected chi connectivity index (χ3v) is 4.17. The van der Waals surface area contributed by atoms with Crippen LogP contribution in [-0.4, -0.2) is 24.4 Å². The highest BCUT2D eigenvalue weighted by Crippen LogP contribution is 2.22. The Hall–Kier alpha value is -2.14. The molecule has 5 heteroatoms. The Balaban J connectivity index is 2.17. The summed E-state index contributed by atoms with van der Waals surface area (Å²) in [4.78, 5) is 12.2. The minimum Gasteiger partial charge on any atom is -0.467 e. The Morgan fingerprint density at radius 3 is 2.57 bits per heavy atom. The number of hydrogen-bond donors (Lipinski definition) is 3. The summed E-state index contributed by atoms with van der Waals surface area (Å²) >= 11 is 4.63. The van der Waals surface area contributed by atoms with E-state index in [1.165, 1.54) is 7.11 Å². The lowest BCUT2D eigenvalue weighted by molar-refractivity contribution is -0.141. The van der Waals surface area contributed by atoms with Gasteiger partial charge in [-0.25, -0.2) is 4.79 Å². The number of anilines is 2. The number of methoxy groups -OCH3 is 1. The van der Waals surface area contributed by atoms with Gasteiger partial charge in [-0.1, -0.05) is 30.3 Å². The lowest BCUT2D eigenvalue weighted by Crippen LogP contribution is -2.40. The van der Waals surface area contributed by atoms with Crippen LogP contribution in [0.25, 0.3) is 0 Å². The van der Waals surface area contributed by atoms with Gasteiger partial charge in [0, 0.05) is 16.6 Å². The van der Waals surface area contributed by atoms with Gasteiger partial charge in [0.1, 0.15) is 6.04 Å². The van der Waals surface area contributed by atoms with Crippen molar-refractivity contribution >= 4 is 30.0 Å². The first kappa shape index (κ1) is 17.2. The molecule has 0 bridgehead atoms. The van der Waals surface area contributed by atoms with Crippen molar-refractivity contribution in [1.82, 2.24) is 0 Å². The molecule has 2 rings (SSSR count). The number of hydrogen-bond acceptors (Lipinski definition) is 5. The molecule has 2 atom stereocenters. The second-order valence-electron chi connectivity index (χ2n) is 5.48. The molecule has 0 saturated carbocycles. The van der Waals surface area contributed by atoms with Crippen LogP contribution < -0.4 is 11.1 Å². The Morgan fingerprint density at radius 2 is 1.96 bits per heavy atom. The number of thiol groups is 1. The molecule has 0 aliphatic heterocycles. The number of ether oxygens (including phenoxy) is 1. The highest BCUT2D eigenvalue weighted by molar-refractivity contribution is 7.81. The zero-order chi connectivity index (χ0) is 16.8. The van der Waals surface area contributed by atoms with E-state index in [9.17, 15) is 4.79 Å². The van der Waals surface area contributed by atoms with Crippen LogP contribution in [0.1, 0.15) is 11.1 Å². The molecule has 4 nitrogen and oxygen atoms in total. The summed E-state index contributed by atoms with van der Waals surface area (Å²) in [6.45, 7) is 1.94. The van der Waals surface area contributed by atoms with E-state index >= 15 is 0 Å². The predicted octanol–water partition coefficient (Wildman–Crippen LogP) is 3.07. The Labute approximate surface area is 142 Å². The quantitative estimate of drug-likeness (QED) is 0.433. The topological polar surface area (TPSA) is 64.3 Å². The van der Waals surface area contributed by atoms with Crippen LogP contribution in [0.4, 0.5) is 11.4 Å². The minimum atomic E-state index is -0.550. The third kappa shape index (κ3) is 4.66. The molecular formula is C18H22N2O2S. The van der Waals surface area contributed by atoms with Crippen LogP contribution in [0.15, 0.2) is 48.5 Å². The molecule has 0 aliphatic rings. The van der Waals surface area contributed by atoms with Crippen molar-refractivity contribution in [3.05, 3.63) is 59.7 Å². The molecule has 2 aromatic carbocycles. The van der Waals surface area contributed by atoms with Gasteiger partial charge < -0.3 is 15.8 Å². The molecule has 0 spiro atoms. The second kappa shape index (κ2) is 7.92. The van der Waals surface area contributed by atoms with Crippen LogP contribution >= 0.6 is 12.6 Å². The highest BCUT2D eigenvalue weighted by atomic mass is 32.1. The molecule has 0 saturated heterocycles. The van der Waals surface area contributed by atoms with Crippen LogP contribution in [0.2, 0.25) is 0 Å². The number of nitrogens with two attached hydrogens (primary N) is 1. The average Bonchev–Trinajstić information content (AvgIpc) is 2.54. The third-order valence-electron chi connectivity index (χ3n) is 3.69. The van der Waals surface area contributed by atoms with Crippen molar-refractivity contribution in [1.29, 1.82) is 0 Å². The fourth-order valence-corrected chi connectivity index (χ4v) is 2.84. The molecule has 23 heavy (non-hydrogen) atoms. The van der Waals surface area contributed by atoms with Crippen LogP contribution in [0, 0.1) is 6.92 Å². The maximum absolute atomic E-state index is 12.2. The van der Waals surface area contributed by atoms with Crippen LogP contribution in [0.3, 0.4) is 0 Å². The van der Waals surface area contributed by atoms with E-state index in [0.717, 1.165) is 16.8 Å². The summed E-state index contributed by atoms with van der Waals surface area (Å²) in [6.07, 6.45) is 0.657. The van der Waals surface area contributed by atoms with E-state index in [1.807, 2.05) is 49.4 Å². The summed E-state index contributed by atoms with van der Waals surface area (Å²) in [6, 6.07) is 14.9. The number of aryl methyl sites for hydroxylation is 1. The van der Waals surface area contributed by atoms with E-state index < -0.39 is 6.04 Å². The molecule has 0 amide bonds. The molecule has 0 radical (unpaired) electrons. The molecule has 2 unspecified atom stereocenters. The summed E-state index contributed by atoms with van der Waals surface area (Å²) in [5.74, 6) is -0.336.